The zero-order valence-corrected chi connectivity index (χ0v) is 16.4. The van der Waals surface area contributed by atoms with Crippen LogP contribution >= 0.6 is 11.6 Å². The number of fused-ring (bicyclic) bond motifs is 1. The average molecular weight is 385 g/mol. The smallest absolute Gasteiger partial charge is 0.256 e. The summed E-state index contributed by atoms with van der Waals surface area (Å²) in [5, 5.41) is 11.1. The van der Waals surface area contributed by atoms with Gasteiger partial charge in [0.1, 0.15) is 0 Å². The van der Waals surface area contributed by atoms with Crippen molar-refractivity contribution in [1.29, 1.82) is 0 Å². The second-order valence-electron chi connectivity index (χ2n) is 7.70. The maximum atomic E-state index is 13.2. The third-order valence-electron chi connectivity index (χ3n) is 5.88. The van der Waals surface area contributed by atoms with E-state index in [9.17, 15) is 9.90 Å². The van der Waals surface area contributed by atoms with Crippen molar-refractivity contribution in [3.8, 4) is 0 Å². The molecule has 1 saturated carbocycles. The lowest BCUT2D eigenvalue weighted by molar-refractivity contribution is 0.0160. The summed E-state index contributed by atoms with van der Waals surface area (Å²) in [5.74, 6) is 0.0204. The van der Waals surface area contributed by atoms with Crippen LogP contribution in [0.2, 0.25) is 5.02 Å². The molecule has 0 saturated heterocycles. The summed E-state index contributed by atoms with van der Waals surface area (Å²) in [7, 11) is 0. The maximum Gasteiger partial charge on any atom is 0.256 e. The Balaban J connectivity index is 1.61. The van der Waals surface area contributed by atoms with Crippen LogP contribution in [0.25, 0.3) is 0 Å². The predicted molar refractivity (Wildman–Crippen MR) is 106 cm³/mol. The summed E-state index contributed by atoms with van der Waals surface area (Å²) in [6.07, 6.45) is 4.87. The molecule has 1 aliphatic heterocycles. The zero-order chi connectivity index (χ0) is 19.0. The number of carbonyl (C=O) groups excluding carboxylic acids is 1. The van der Waals surface area contributed by atoms with Crippen LogP contribution in [-0.4, -0.2) is 39.6 Å². The number of aromatic nitrogens is 1. The number of aliphatic hydroxyl groups excluding tert-OH is 1. The highest BCUT2D eigenvalue weighted by Gasteiger charge is 2.35. The zero-order valence-electron chi connectivity index (χ0n) is 15.6. The van der Waals surface area contributed by atoms with Crippen LogP contribution in [0, 0.1) is 6.92 Å². The van der Waals surface area contributed by atoms with E-state index < -0.39 is 6.10 Å². The molecule has 1 aromatic carbocycles. The molecule has 1 fully saturated rings. The molecule has 1 amide bonds. The first kappa shape index (κ1) is 18.5. The van der Waals surface area contributed by atoms with Gasteiger partial charge in [0, 0.05) is 23.7 Å². The third kappa shape index (κ3) is 3.74. The van der Waals surface area contributed by atoms with Gasteiger partial charge in [-0.15, -0.1) is 0 Å². The molecular weight excluding hydrogens is 360 g/mol. The molecule has 5 heteroatoms. The molecule has 1 N–H and O–H groups in total. The quantitative estimate of drug-likeness (QED) is 0.872. The van der Waals surface area contributed by atoms with E-state index in [0.717, 1.165) is 66.1 Å². The Hall–Kier alpha value is -1.91. The van der Waals surface area contributed by atoms with Gasteiger partial charge in [0.2, 0.25) is 0 Å². The SMILES string of the molecule is Cc1nc2c(cc1Cc1ccc(Cl)cc1)C(=O)N([C@H]1CCCC[C@@H]1O)CC2. The van der Waals surface area contributed by atoms with Gasteiger partial charge in [0.15, 0.2) is 0 Å². The first-order valence-corrected chi connectivity index (χ1v) is 10.1. The number of aliphatic hydroxyl groups is 1. The number of carbonyl (C=O) groups is 1. The highest BCUT2D eigenvalue weighted by Crippen LogP contribution is 2.29. The number of nitrogens with zero attached hydrogens (tertiary/aromatic N) is 2. The van der Waals surface area contributed by atoms with Crippen molar-refractivity contribution < 1.29 is 9.90 Å². The van der Waals surface area contributed by atoms with E-state index in [1.165, 1.54) is 0 Å². The molecule has 142 valence electrons. The number of benzene rings is 1. The lowest BCUT2D eigenvalue weighted by atomic mass is 9.89. The van der Waals surface area contributed by atoms with Crippen LogP contribution in [0.3, 0.4) is 0 Å². The number of rotatable bonds is 3. The summed E-state index contributed by atoms with van der Waals surface area (Å²) >= 11 is 5.98. The number of hydrogen-bond donors (Lipinski definition) is 1. The minimum Gasteiger partial charge on any atom is -0.391 e. The number of aryl methyl sites for hydroxylation is 1. The highest BCUT2D eigenvalue weighted by atomic mass is 35.5. The molecule has 4 rings (SSSR count). The van der Waals surface area contributed by atoms with Gasteiger partial charge in [0.25, 0.3) is 5.91 Å². The minimum absolute atomic E-state index is 0.0204. The Bertz CT molecular complexity index is 850. The number of hydrogen-bond acceptors (Lipinski definition) is 3. The molecule has 2 heterocycles. The van der Waals surface area contributed by atoms with Gasteiger partial charge in [-0.05, 0) is 55.5 Å². The molecule has 27 heavy (non-hydrogen) atoms. The molecule has 1 aromatic heterocycles. The predicted octanol–water partition coefficient (Wildman–Crippen LogP) is 3.94. The fraction of sp³-hybridized carbons (Fsp3) is 0.455. The molecule has 4 nitrogen and oxygen atoms in total. The lowest BCUT2D eigenvalue weighted by Gasteiger charge is -2.40. The second kappa shape index (κ2) is 7.61. The van der Waals surface area contributed by atoms with Crippen LogP contribution in [0.4, 0.5) is 0 Å². The first-order valence-electron chi connectivity index (χ1n) is 9.76. The molecule has 1 aliphatic carbocycles. The molecule has 2 atom stereocenters. The molecule has 2 aliphatic rings. The topological polar surface area (TPSA) is 53.4 Å². The molecular formula is C22H25ClN2O2. The Morgan fingerprint density at radius 1 is 1.22 bits per heavy atom. The average Bonchev–Trinajstić information content (AvgIpc) is 2.66. The normalized spacial score (nSPS) is 22.6. The Labute approximate surface area is 165 Å². The summed E-state index contributed by atoms with van der Waals surface area (Å²) in [6, 6.07) is 9.74. The van der Waals surface area contributed by atoms with E-state index >= 15 is 0 Å². The van der Waals surface area contributed by atoms with Gasteiger partial charge >= 0.3 is 0 Å². The van der Waals surface area contributed by atoms with Crippen molar-refractivity contribution in [3.05, 3.63) is 63.4 Å². The summed E-state index contributed by atoms with van der Waals surface area (Å²) in [4.78, 5) is 19.8. The first-order chi connectivity index (χ1) is 13.0. The van der Waals surface area contributed by atoms with Gasteiger partial charge in [-0.1, -0.05) is 36.6 Å². The van der Waals surface area contributed by atoms with E-state index in [1.54, 1.807) is 0 Å². The number of pyridine rings is 1. The van der Waals surface area contributed by atoms with Crippen molar-refractivity contribution in [2.24, 2.45) is 0 Å². The van der Waals surface area contributed by atoms with Crippen molar-refractivity contribution in [3.63, 3.8) is 0 Å². The van der Waals surface area contributed by atoms with E-state index in [-0.39, 0.29) is 11.9 Å². The van der Waals surface area contributed by atoms with Crippen molar-refractivity contribution >= 4 is 17.5 Å². The second-order valence-corrected chi connectivity index (χ2v) is 8.13. The summed E-state index contributed by atoms with van der Waals surface area (Å²) in [5.41, 5.74) is 4.78. The van der Waals surface area contributed by atoms with Crippen molar-refractivity contribution in [2.75, 3.05) is 6.54 Å². The van der Waals surface area contributed by atoms with Gasteiger partial charge < -0.3 is 10.0 Å². The van der Waals surface area contributed by atoms with E-state index in [1.807, 2.05) is 42.2 Å². The van der Waals surface area contributed by atoms with E-state index in [4.69, 9.17) is 16.6 Å². The minimum atomic E-state index is -0.406. The molecule has 2 aromatic rings. The molecule has 0 bridgehead atoms. The fourth-order valence-electron chi connectivity index (χ4n) is 4.33. The van der Waals surface area contributed by atoms with E-state index in [0.29, 0.717) is 12.1 Å². The van der Waals surface area contributed by atoms with E-state index in [2.05, 4.69) is 0 Å². The molecule has 0 radical (unpaired) electrons. The number of halogens is 1. The highest BCUT2D eigenvalue weighted by molar-refractivity contribution is 6.30. The van der Waals surface area contributed by atoms with Crippen LogP contribution in [0.15, 0.2) is 30.3 Å². The van der Waals surface area contributed by atoms with Crippen LogP contribution < -0.4 is 0 Å². The van der Waals surface area contributed by atoms with Gasteiger partial charge in [0.05, 0.1) is 23.4 Å². The van der Waals surface area contributed by atoms with Crippen LogP contribution in [0.1, 0.15) is 58.6 Å². The molecule has 0 unspecified atom stereocenters. The van der Waals surface area contributed by atoms with Gasteiger partial charge in [-0.3, -0.25) is 9.78 Å². The Morgan fingerprint density at radius 3 is 2.70 bits per heavy atom. The number of amides is 1. The standard InChI is InChI=1S/C22H25ClN2O2/c1-14-16(12-15-6-8-17(23)9-7-15)13-18-19(24-14)10-11-25(22(18)27)20-4-2-3-5-21(20)26/h6-9,13,20-21,26H,2-5,10-12H2,1H3/t20-,21-/m0/s1. The van der Waals surface area contributed by atoms with Gasteiger partial charge in [-0.2, -0.15) is 0 Å². The largest absolute Gasteiger partial charge is 0.391 e. The van der Waals surface area contributed by atoms with Gasteiger partial charge in [-0.25, -0.2) is 0 Å². The lowest BCUT2D eigenvalue weighted by Crippen LogP contribution is -2.51. The summed E-state index contributed by atoms with van der Waals surface area (Å²) < 4.78 is 0. The van der Waals surface area contributed by atoms with Crippen molar-refractivity contribution in [1.82, 2.24) is 9.88 Å². The monoisotopic (exact) mass is 384 g/mol. The molecule has 0 spiro atoms. The van der Waals surface area contributed by atoms with Crippen LogP contribution in [-0.2, 0) is 12.8 Å². The van der Waals surface area contributed by atoms with Crippen LogP contribution in [0.5, 0.6) is 0 Å². The Morgan fingerprint density at radius 2 is 1.96 bits per heavy atom. The fourth-order valence-corrected chi connectivity index (χ4v) is 4.45. The Kier molecular flexibility index (Phi) is 5.20. The van der Waals surface area contributed by atoms with Crippen molar-refractivity contribution in [2.45, 2.75) is 57.6 Å². The summed E-state index contributed by atoms with van der Waals surface area (Å²) in [6.45, 7) is 2.66. The maximum absolute atomic E-state index is 13.2. The third-order valence-corrected chi connectivity index (χ3v) is 6.13.